The van der Waals surface area contributed by atoms with Crippen molar-refractivity contribution in [3.8, 4) is 0 Å². The summed E-state index contributed by atoms with van der Waals surface area (Å²) in [6, 6.07) is 7.94. The Kier molecular flexibility index (Phi) is 9.81. The first-order valence-electron chi connectivity index (χ1n) is 15.2. The summed E-state index contributed by atoms with van der Waals surface area (Å²) >= 11 is 6.02. The predicted octanol–water partition coefficient (Wildman–Crippen LogP) is 7.77. The molecule has 0 saturated carbocycles. The number of likely N-dealkylation sites (tertiary alicyclic amines) is 1. The van der Waals surface area contributed by atoms with Gasteiger partial charge in [0.25, 0.3) is 0 Å². The molecule has 0 spiro atoms. The molecule has 3 aromatic rings. The van der Waals surface area contributed by atoms with E-state index in [1.54, 1.807) is 32.9 Å². The highest BCUT2D eigenvalue weighted by Gasteiger charge is 2.47. The molecule has 1 fully saturated rings. The minimum Gasteiger partial charge on any atom is -0.460 e. The highest BCUT2D eigenvalue weighted by molar-refractivity contribution is 6.30. The van der Waals surface area contributed by atoms with Crippen LogP contribution in [-0.4, -0.2) is 49.6 Å². The Hall–Kier alpha value is -3.37. The molecule has 8 nitrogen and oxygen atoms in total. The van der Waals surface area contributed by atoms with Crippen molar-refractivity contribution < 1.29 is 23.1 Å². The van der Waals surface area contributed by atoms with E-state index in [4.69, 9.17) is 16.3 Å². The van der Waals surface area contributed by atoms with E-state index < -0.39 is 34.4 Å². The van der Waals surface area contributed by atoms with Crippen molar-refractivity contribution in [1.29, 1.82) is 0 Å². The third-order valence-electron chi connectivity index (χ3n) is 8.11. The number of rotatable bonds is 8. The molecule has 1 N–H and O–H groups in total. The number of carbonyl (C=O) groups excluding carboxylic acids is 2. The number of hydrogen-bond donors (Lipinski definition) is 1. The molecule has 45 heavy (non-hydrogen) atoms. The molecule has 1 aliphatic rings. The Morgan fingerprint density at radius 2 is 1.80 bits per heavy atom. The van der Waals surface area contributed by atoms with Gasteiger partial charge in [0.15, 0.2) is 17.4 Å². The molecule has 244 valence electrons. The lowest BCUT2D eigenvalue weighted by molar-refractivity contribution is -0.172. The maximum absolute atomic E-state index is 16.0. The summed E-state index contributed by atoms with van der Waals surface area (Å²) < 4.78 is 38.5. The van der Waals surface area contributed by atoms with E-state index in [-0.39, 0.29) is 40.1 Å². The molecular weight excluding hydrogens is 600 g/mol. The van der Waals surface area contributed by atoms with Crippen LogP contribution in [0.5, 0.6) is 0 Å². The zero-order valence-electron chi connectivity index (χ0n) is 27.6. The fraction of sp³-hybridized carbons (Fsp3) is 0.529. The van der Waals surface area contributed by atoms with Gasteiger partial charge in [0.05, 0.1) is 27.2 Å². The molecule has 3 heterocycles. The molecule has 4 rings (SSSR count). The second-order valence-electron chi connectivity index (χ2n) is 14.2. The zero-order valence-corrected chi connectivity index (χ0v) is 28.4. The number of ketones is 1. The van der Waals surface area contributed by atoms with Gasteiger partial charge in [-0.05, 0) is 93.8 Å². The second kappa shape index (κ2) is 12.8. The number of Topliss-reactive ketones (excluding diaryl/α,β-unsaturated/α-hetero) is 1. The molecule has 0 amide bonds. The lowest BCUT2D eigenvalue weighted by Gasteiger charge is -2.45. The Morgan fingerprint density at radius 1 is 1.11 bits per heavy atom. The molecule has 1 aliphatic heterocycles. The monoisotopic (exact) mass is 643 g/mol. The quantitative estimate of drug-likeness (QED) is 0.198. The standard InChI is InChI=1S/C34H44ClF2N5O3/c1-20-15-28(40-42(20)32(4,5)6)39-27-16-24(22(3)43)30(37)26(38-27)18-34(31(44)45-33(7,8)9)13-14-41(21(2)17-34)19-23-11-10-12-25(35)29(23)36/h10-12,15-16,21H,13-14,17-19H2,1-9H3,(H,38,39,40). The van der Waals surface area contributed by atoms with Gasteiger partial charge in [0, 0.05) is 36.3 Å². The van der Waals surface area contributed by atoms with Crippen molar-refractivity contribution >= 4 is 35.0 Å². The van der Waals surface area contributed by atoms with E-state index in [9.17, 15) is 14.0 Å². The van der Waals surface area contributed by atoms with Crippen LogP contribution >= 0.6 is 11.6 Å². The van der Waals surface area contributed by atoms with Gasteiger partial charge in [0.2, 0.25) is 0 Å². The number of piperidine rings is 1. The van der Waals surface area contributed by atoms with Crippen LogP contribution in [0.25, 0.3) is 0 Å². The Balaban J connectivity index is 1.70. The van der Waals surface area contributed by atoms with Gasteiger partial charge in [0.1, 0.15) is 17.2 Å². The van der Waals surface area contributed by atoms with Gasteiger partial charge in [-0.1, -0.05) is 23.7 Å². The Morgan fingerprint density at radius 3 is 2.38 bits per heavy atom. The van der Waals surface area contributed by atoms with Gasteiger partial charge in [-0.3, -0.25) is 19.2 Å². The number of nitrogens with one attached hydrogen (secondary N) is 1. The first-order chi connectivity index (χ1) is 20.8. The number of pyridine rings is 1. The van der Waals surface area contributed by atoms with Crippen molar-refractivity contribution in [3.05, 3.63) is 69.5 Å². The van der Waals surface area contributed by atoms with Crippen LogP contribution in [0.15, 0.2) is 30.3 Å². The van der Waals surface area contributed by atoms with Crippen LogP contribution in [0.1, 0.15) is 95.5 Å². The van der Waals surface area contributed by atoms with Gasteiger partial charge >= 0.3 is 5.97 Å². The van der Waals surface area contributed by atoms with Gasteiger partial charge in [-0.2, -0.15) is 5.10 Å². The lowest BCUT2D eigenvalue weighted by Crippen LogP contribution is -2.51. The SMILES string of the molecule is CC(=O)c1cc(Nc2cc(C)n(C(C)(C)C)n2)nc(CC2(C(=O)OC(C)(C)C)CCN(Cc3cccc(Cl)c3F)C(C)C2)c1F. The van der Waals surface area contributed by atoms with Crippen LogP contribution in [-0.2, 0) is 28.0 Å². The van der Waals surface area contributed by atoms with E-state index >= 15 is 4.39 Å². The number of benzene rings is 1. The van der Waals surface area contributed by atoms with Crippen molar-refractivity contribution in [2.75, 3.05) is 11.9 Å². The number of aryl methyl sites for hydroxylation is 1. The van der Waals surface area contributed by atoms with E-state index in [0.29, 0.717) is 37.3 Å². The molecule has 2 unspecified atom stereocenters. The minimum atomic E-state index is -1.14. The number of aromatic nitrogens is 3. The molecule has 1 saturated heterocycles. The molecule has 0 bridgehead atoms. The van der Waals surface area contributed by atoms with E-state index in [0.717, 1.165) is 5.69 Å². The molecular formula is C34H44ClF2N5O3. The summed E-state index contributed by atoms with van der Waals surface area (Å²) in [6.07, 6.45) is 0.550. The first kappa shape index (κ1) is 34.5. The van der Waals surface area contributed by atoms with Gasteiger partial charge in [-0.15, -0.1) is 0 Å². The van der Waals surface area contributed by atoms with Crippen LogP contribution in [0.3, 0.4) is 0 Å². The number of esters is 1. The molecule has 0 aliphatic carbocycles. The molecule has 1 aromatic carbocycles. The maximum Gasteiger partial charge on any atom is 0.313 e. The van der Waals surface area contributed by atoms with Gasteiger partial charge in [-0.25, -0.2) is 13.8 Å². The summed E-state index contributed by atoms with van der Waals surface area (Å²) in [5, 5.41) is 7.83. The van der Waals surface area contributed by atoms with Crippen LogP contribution in [0.2, 0.25) is 5.02 Å². The molecule has 2 atom stereocenters. The summed E-state index contributed by atoms with van der Waals surface area (Å²) in [5.41, 5.74) is -0.943. The highest BCUT2D eigenvalue weighted by atomic mass is 35.5. The number of nitrogens with zero attached hydrogens (tertiary/aromatic N) is 4. The fourth-order valence-electron chi connectivity index (χ4n) is 5.99. The third kappa shape index (κ3) is 7.90. The molecule has 0 radical (unpaired) electrons. The number of ether oxygens (including phenoxy) is 1. The van der Waals surface area contributed by atoms with E-state index in [1.165, 1.54) is 19.1 Å². The Bertz CT molecular complexity index is 1590. The number of halogens is 3. The smallest absolute Gasteiger partial charge is 0.313 e. The summed E-state index contributed by atoms with van der Waals surface area (Å²) in [5.74, 6) is -1.41. The minimum absolute atomic E-state index is 0.00966. The largest absolute Gasteiger partial charge is 0.460 e. The number of anilines is 2. The van der Waals surface area contributed by atoms with Crippen LogP contribution in [0.4, 0.5) is 20.4 Å². The number of carbonyl (C=O) groups is 2. The summed E-state index contributed by atoms with van der Waals surface area (Å²) in [4.78, 5) is 33.2. The molecule has 11 heteroatoms. The normalized spacial score (nSPS) is 19.4. The average molecular weight is 644 g/mol. The van der Waals surface area contributed by atoms with E-state index in [1.807, 2.05) is 45.4 Å². The van der Waals surface area contributed by atoms with Crippen LogP contribution in [0, 0.1) is 24.0 Å². The lowest BCUT2D eigenvalue weighted by atomic mass is 9.71. The second-order valence-corrected chi connectivity index (χ2v) is 14.6. The first-order valence-corrected chi connectivity index (χ1v) is 15.6. The van der Waals surface area contributed by atoms with E-state index in [2.05, 4.69) is 20.3 Å². The van der Waals surface area contributed by atoms with Crippen molar-refractivity contribution in [2.24, 2.45) is 5.41 Å². The summed E-state index contributed by atoms with van der Waals surface area (Å²) in [7, 11) is 0. The Labute approximate surface area is 269 Å². The van der Waals surface area contributed by atoms with Crippen LogP contribution < -0.4 is 5.32 Å². The predicted molar refractivity (Wildman–Crippen MR) is 172 cm³/mol. The van der Waals surface area contributed by atoms with Crippen molar-refractivity contribution in [1.82, 2.24) is 19.7 Å². The fourth-order valence-corrected chi connectivity index (χ4v) is 6.18. The zero-order chi connectivity index (χ0) is 33.5. The topological polar surface area (TPSA) is 89.3 Å². The maximum atomic E-state index is 16.0. The third-order valence-corrected chi connectivity index (χ3v) is 8.41. The molecule has 2 aromatic heterocycles. The van der Waals surface area contributed by atoms with Gasteiger partial charge < -0.3 is 10.1 Å². The summed E-state index contributed by atoms with van der Waals surface area (Å²) in [6.45, 7) is 17.4. The highest BCUT2D eigenvalue weighted by Crippen LogP contribution is 2.42. The van der Waals surface area contributed by atoms with Crippen molar-refractivity contribution in [3.63, 3.8) is 0 Å². The average Bonchev–Trinajstić information content (AvgIpc) is 3.29. The number of hydrogen-bond acceptors (Lipinski definition) is 7. The van der Waals surface area contributed by atoms with Crippen molar-refractivity contribution in [2.45, 2.75) is 105 Å².